The molecular formula is C31H33F8NO6. The smallest absolute Gasteiger partial charge is 0.484 e. The van der Waals surface area contributed by atoms with Crippen LogP contribution in [0.5, 0.6) is 5.75 Å². The van der Waals surface area contributed by atoms with Crippen LogP contribution in [0, 0.1) is 6.92 Å². The molecule has 0 atom stereocenters. The van der Waals surface area contributed by atoms with Crippen LogP contribution in [0.3, 0.4) is 0 Å². The lowest BCUT2D eigenvalue weighted by atomic mass is 9.99. The molecule has 0 saturated carbocycles. The fourth-order valence-corrected chi connectivity index (χ4v) is 4.43. The predicted octanol–water partition coefficient (Wildman–Crippen LogP) is 8.72. The topological polar surface area (TPSA) is 68.2 Å². The van der Waals surface area contributed by atoms with Crippen molar-refractivity contribution in [3.8, 4) is 17.0 Å². The Bertz CT molecular complexity index is 1540. The summed E-state index contributed by atoms with van der Waals surface area (Å²) in [5.41, 5.74) is 4.15. The van der Waals surface area contributed by atoms with Gasteiger partial charge in [-0.3, -0.25) is 0 Å². The van der Waals surface area contributed by atoms with Crippen LogP contribution in [0.1, 0.15) is 44.2 Å². The number of unbranched alkanes of at least 4 members (excludes halogenated alkanes) is 2. The van der Waals surface area contributed by atoms with Gasteiger partial charge in [-0.05, 0) is 56.0 Å². The second kappa shape index (κ2) is 14.4. The highest BCUT2D eigenvalue weighted by Crippen LogP contribution is 2.38. The molecule has 0 aliphatic heterocycles. The highest BCUT2D eigenvalue weighted by Gasteiger charge is 2.57. The number of nitrogens with zero attached hydrogens (tertiary/aromatic N) is 1. The number of carbonyl (C=O) groups excluding carboxylic acids is 1. The quantitative estimate of drug-likeness (QED) is 0.0472. The van der Waals surface area contributed by atoms with Crippen LogP contribution >= 0.6 is 0 Å². The van der Waals surface area contributed by atoms with Crippen molar-refractivity contribution >= 4 is 16.9 Å². The molecule has 1 aromatic heterocycles. The first-order valence-electron chi connectivity index (χ1n) is 14.0. The summed E-state index contributed by atoms with van der Waals surface area (Å²) in [5.74, 6) is -1.63. The zero-order valence-corrected chi connectivity index (χ0v) is 25.4. The molecule has 0 aliphatic rings. The third-order valence-corrected chi connectivity index (χ3v) is 6.55. The Kier molecular flexibility index (Phi) is 11.5. The van der Waals surface area contributed by atoms with E-state index in [0.717, 1.165) is 49.4 Å². The molecule has 0 radical (unpaired) electrons. The van der Waals surface area contributed by atoms with Crippen LogP contribution < -0.4 is 4.74 Å². The number of alkyl halides is 8. The second-order valence-corrected chi connectivity index (χ2v) is 10.6. The Labute approximate surface area is 259 Å². The van der Waals surface area contributed by atoms with Crippen molar-refractivity contribution in [3.05, 3.63) is 65.7 Å². The molecule has 0 spiro atoms. The Hall–Kier alpha value is -3.69. The van der Waals surface area contributed by atoms with Crippen LogP contribution in [0.15, 0.2) is 54.6 Å². The van der Waals surface area contributed by atoms with Gasteiger partial charge in [-0.25, -0.2) is 19.0 Å². The van der Waals surface area contributed by atoms with E-state index in [9.17, 15) is 39.9 Å². The van der Waals surface area contributed by atoms with Gasteiger partial charge in [0.05, 0.1) is 5.52 Å². The molecule has 0 saturated heterocycles. The highest BCUT2D eigenvalue weighted by molar-refractivity contribution is 5.88. The van der Waals surface area contributed by atoms with Gasteiger partial charge in [-0.2, -0.15) is 17.6 Å². The van der Waals surface area contributed by atoms with E-state index in [2.05, 4.69) is 38.5 Å². The van der Waals surface area contributed by atoms with Crippen molar-refractivity contribution in [1.29, 1.82) is 0 Å². The molecule has 3 rings (SSSR count). The third kappa shape index (κ3) is 10.4. The fourth-order valence-electron chi connectivity index (χ4n) is 4.43. The minimum atomic E-state index is -5.87. The van der Waals surface area contributed by atoms with E-state index < -0.39 is 44.0 Å². The normalized spacial score (nSPS) is 12.9. The summed E-state index contributed by atoms with van der Waals surface area (Å²) in [6, 6.07) is 12.2. The highest BCUT2D eigenvalue weighted by atomic mass is 19.3. The summed E-state index contributed by atoms with van der Waals surface area (Å²) in [6.45, 7) is 4.17. The van der Waals surface area contributed by atoms with Gasteiger partial charge in [0.1, 0.15) is 5.75 Å². The summed E-state index contributed by atoms with van der Waals surface area (Å²) in [6.07, 6.45) is -17.5. The summed E-state index contributed by atoms with van der Waals surface area (Å²) in [7, 11) is 1.74. The molecule has 0 amide bonds. The summed E-state index contributed by atoms with van der Waals surface area (Å²) in [4.78, 5) is 11.1. The number of ether oxygens (including phenoxy) is 5. The maximum Gasteiger partial charge on any atom is 0.496 e. The lowest BCUT2D eigenvalue weighted by molar-refractivity contribution is -0.574. The average molecular weight is 668 g/mol. The van der Waals surface area contributed by atoms with Gasteiger partial charge in [0.2, 0.25) is 0 Å². The zero-order valence-electron chi connectivity index (χ0n) is 25.4. The number of fused-ring (bicyclic) bond motifs is 1. The molecule has 0 aliphatic carbocycles. The molecule has 3 aromatic rings. The van der Waals surface area contributed by atoms with E-state index >= 15 is 0 Å². The Morgan fingerprint density at radius 3 is 2.07 bits per heavy atom. The lowest BCUT2D eigenvalue weighted by Gasteiger charge is -2.27. The van der Waals surface area contributed by atoms with Crippen molar-refractivity contribution in [1.82, 2.24) is 4.57 Å². The largest absolute Gasteiger partial charge is 0.496 e. The number of esters is 1. The standard InChI is InChI=1S/C31H33F8NO6/c1-6-7-8-9-21-10-13-24(20(4)14-21)26-15-22-11-12-23(16-25(22)40(26)5)42-17-28(32,33)44-30(36,37)46-31(38,39)45-29(34,35)18-43-27(41)19(2)3/h10-16H,2,6-9,17-18H2,1,3-5H3. The number of aromatic nitrogens is 1. The molecule has 0 bridgehead atoms. The van der Waals surface area contributed by atoms with E-state index in [0.29, 0.717) is 10.9 Å². The Balaban J connectivity index is 1.65. The van der Waals surface area contributed by atoms with Crippen molar-refractivity contribution in [2.24, 2.45) is 7.05 Å². The number of rotatable bonds is 17. The van der Waals surface area contributed by atoms with Crippen LogP contribution in [0.4, 0.5) is 35.1 Å². The van der Waals surface area contributed by atoms with Gasteiger partial charge in [0.15, 0.2) is 13.2 Å². The van der Waals surface area contributed by atoms with Gasteiger partial charge < -0.3 is 14.0 Å². The van der Waals surface area contributed by atoms with Crippen molar-refractivity contribution < 1.29 is 63.6 Å². The predicted molar refractivity (Wildman–Crippen MR) is 151 cm³/mol. The molecule has 1 heterocycles. The fraction of sp³-hybridized carbons (Fsp3) is 0.452. The van der Waals surface area contributed by atoms with E-state index in [4.69, 9.17) is 4.74 Å². The number of halogens is 8. The Morgan fingerprint density at radius 1 is 0.848 bits per heavy atom. The van der Waals surface area contributed by atoms with Gasteiger partial charge in [-0.1, -0.05) is 44.5 Å². The third-order valence-electron chi connectivity index (χ3n) is 6.55. The van der Waals surface area contributed by atoms with Crippen molar-refractivity contribution in [2.75, 3.05) is 13.2 Å². The molecule has 2 aromatic carbocycles. The van der Waals surface area contributed by atoms with Crippen LogP contribution in [-0.2, 0) is 37.2 Å². The monoisotopic (exact) mass is 667 g/mol. The van der Waals surface area contributed by atoms with Crippen molar-refractivity contribution in [2.45, 2.75) is 71.3 Å². The van der Waals surface area contributed by atoms with Crippen LogP contribution in [-0.4, -0.2) is 48.6 Å². The molecule has 0 N–H and O–H groups in total. The van der Waals surface area contributed by atoms with Gasteiger partial charge >= 0.3 is 30.8 Å². The zero-order chi connectivity index (χ0) is 34.5. The molecule has 15 heteroatoms. The lowest BCUT2D eigenvalue weighted by Crippen LogP contribution is -2.46. The van der Waals surface area contributed by atoms with E-state index in [1.807, 2.05) is 25.1 Å². The van der Waals surface area contributed by atoms with Gasteiger partial charge in [0, 0.05) is 35.3 Å². The molecule has 0 fully saturated rings. The minimum absolute atomic E-state index is 0.201. The van der Waals surface area contributed by atoms with E-state index in [-0.39, 0.29) is 11.3 Å². The maximum atomic E-state index is 14.2. The summed E-state index contributed by atoms with van der Waals surface area (Å²) >= 11 is 0. The van der Waals surface area contributed by atoms with E-state index in [1.165, 1.54) is 17.7 Å². The number of carbonyl (C=O) groups is 1. The second-order valence-electron chi connectivity index (χ2n) is 10.6. The summed E-state index contributed by atoms with van der Waals surface area (Å²) < 4.78 is 129. The first kappa shape index (κ1) is 36.8. The summed E-state index contributed by atoms with van der Waals surface area (Å²) in [5, 5.41) is 0.715. The van der Waals surface area contributed by atoms with Crippen LogP contribution in [0.2, 0.25) is 0 Å². The SMILES string of the molecule is C=C(C)C(=O)OCC(F)(F)OC(F)(F)OC(F)(F)OC(F)(F)COc1ccc2cc(-c3ccc(CCCCC)cc3C)n(C)c2c1. The number of hydrogen-bond acceptors (Lipinski definition) is 6. The average Bonchev–Trinajstić information content (AvgIpc) is 3.24. The van der Waals surface area contributed by atoms with E-state index in [1.54, 1.807) is 17.7 Å². The number of hydrogen-bond donors (Lipinski definition) is 0. The minimum Gasteiger partial charge on any atom is -0.484 e. The van der Waals surface area contributed by atoms with Gasteiger partial charge in [-0.15, -0.1) is 17.6 Å². The first-order chi connectivity index (χ1) is 21.2. The maximum absolute atomic E-state index is 14.2. The first-order valence-corrected chi connectivity index (χ1v) is 14.0. The molecule has 0 unspecified atom stereocenters. The molecular weight excluding hydrogens is 634 g/mol. The van der Waals surface area contributed by atoms with Crippen molar-refractivity contribution in [3.63, 3.8) is 0 Å². The van der Waals surface area contributed by atoms with Crippen LogP contribution in [0.25, 0.3) is 22.2 Å². The molecule has 7 nitrogen and oxygen atoms in total. The van der Waals surface area contributed by atoms with Gasteiger partial charge in [0.25, 0.3) is 0 Å². The number of aryl methyl sites for hydroxylation is 3. The number of benzene rings is 2. The Morgan fingerprint density at radius 2 is 1.48 bits per heavy atom. The molecule has 254 valence electrons. The molecule has 46 heavy (non-hydrogen) atoms.